The van der Waals surface area contributed by atoms with Crippen LogP contribution in [0.3, 0.4) is 0 Å². The van der Waals surface area contributed by atoms with Gasteiger partial charge in [-0.25, -0.2) is 9.97 Å². The average Bonchev–Trinajstić information content (AvgIpc) is 3.02. The zero-order valence-corrected chi connectivity index (χ0v) is 16.5. The topological polar surface area (TPSA) is 83.6 Å². The third kappa shape index (κ3) is 4.18. The number of hydrogen-bond donors (Lipinski definition) is 2. The van der Waals surface area contributed by atoms with Crippen molar-refractivity contribution in [3.05, 3.63) is 40.7 Å². The summed E-state index contributed by atoms with van der Waals surface area (Å²) in [7, 11) is 0. The van der Waals surface area contributed by atoms with Gasteiger partial charge in [-0.05, 0) is 18.3 Å². The molecular formula is C19H24F3N5O. The number of halogens is 3. The SMILES string of the molecule is CC1(C)Cc2nc(C(C)(C)C)ncc2[C@H](NC(=O)c2cc(C(F)(F)F)[nH]n2)C1. The highest BCUT2D eigenvalue weighted by atomic mass is 19.4. The maximum atomic E-state index is 12.7. The Morgan fingerprint density at radius 3 is 2.54 bits per heavy atom. The molecule has 2 N–H and O–H groups in total. The minimum absolute atomic E-state index is 0.128. The van der Waals surface area contributed by atoms with Crippen molar-refractivity contribution >= 4 is 5.91 Å². The first-order valence-electron chi connectivity index (χ1n) is 9.06. The fourth-order valence-corrected chi connectivity index (χ4v) is 3.35. The third-order valence-corrected chi connectivity index (χ3v) is 4.77. The van der Waals surface area contributed by atoms with E-state index in [0.717, 1.165) is 23.5 Å². The van der Waals surface area contributed by atoms with Crippen molar-refractivity contribution in [3.63, 3.8) is 0 Å². The molecule has 152 valence electrons. The minimum atomic E-state index is -4.58. The maximum Gasteiger partial charge on any atom is 0.432 e. The number of fused-ring (bicyclic) bond motifs is 1. The number of carbonyl (C=O) groups excluding carboxylic acids is 1. The van der Waals surface area contributed by atoms with Gasteiger partial charge in [0.25, 0.3) is 5.91 Å². The molecule has 0 unspecified atom stereocenters. The second kappa shape index (κ2) is 6.56. The van der Waals surface area contributed by atoms with Gasteiger partial charge >= 0.3 is 6.18 Å². The molecule has 0 spiro atoms. The van der Waals surface area contributed by atoms with Gasteiger partial charge in [0.1, 0.15) is 11.5 Å². The first-order valence-corrected chi connectivity index (χ1v) is 9.06. The van der Waals surface area contributed by atoms with Crippen LogP contribution in [0, 0.1) is 5.41 Å². The molecule has 0 aromatic carbocycles. The molecule has 0 aliphatic heterocycles. The number of hydrogen-bond acceptors (Lipinski definition) is 4. The van der Waals surface area contributed by atoms with E-state index in [9.17, 15) is 18.0 Å². The van der Waals surface area contributed by atoms with E-state index in [-0.39, 0.29) is 16.5 Å². The summed E-state index contributed by atoms with van der Waals surface area (Å²) in [4.78, 5) is 21.7. The number of aromatic nitrogens is 4. The van der Waals surface area contributed by atoms with Gasteiger partial charge in [-0.2, -0.15) is 18.3 Å². The van der Waals surface area contributed by atoms with E-state index >= 15 is 0 Å². The number of aromatic amines is 1. The quantitative estimate of drug-likeness (QED) is 0.806. The van der Waals surface area contributed by atoms with Gasteiger partial charge in [0, 0.05) is 28.9 Å². The fourth-order valence-electron chi connectivity index (χ4n) is 3.35. The summed E-state index contributed by atoms with van der Waals surface area (Å²) in [5, 5.41) is 8.16. The maximum absolute atomic E-state index is 12.7. The van der Waals surface area contributed by atoms with E-state index in [1.54, 1.807) is 6.20 Å². The summed E-state index contributed by atoms with van der Waals surface area (Å²) in [5.74, 6) is 0.0523. The molecule has 9 heteroatoms. The van der Waals surface area contributed by atoms with Crippen LogP contribution in [0.2, 0.25) is 0 Å². The number of nitrogens with zero attached hydrogens (tertiary/aromatic N) is 3. The Morgan fingerprint density at radius 1 is 1.29 bits per heavy atom. The van der Waals surface area contributed by atoms with E-state index in [1.165, 1.54) is 0 Å². The van der Waals surface area contributed by atoms with E-state index in [0.29, 0.717) is 12.5 Å². The zero-order valence-electron chi connectivity index (χ0n) is 16.5. The molecule has 1 aliphatic carbocycles. The lowest BCUT2D eigenvalue weighted by molar-refractivity contribution is -0.141. The van der Waals surface area contributed by atoms with Crippen LogP contribution < -0.4 is 5.32 Å². The number of nitrogens with one attached hydrogen (secondary N) is 2. The lowest BCUT2D eigenvalue weighted by Gasteiger charge is -2.37. The number of alkyl halides is 3. The molecule has 3 rings (SSSR count). The summed E-state index contributed by atoms with van der Waals surface area (Å²) < 4.78 is 38.2. The summed E-state index contributed by atoms with van der Waals surface area (Å²) in [6.45, 7) is 10.2. The van der Waals surface area contributed by atoms with Gasteiger partial charge in [0.2, 0.25) is 0 Å². The molecule has 2 heterocycles. The number of rotatable bonds is 2. The Kier molecular flexibility index (Phi) is 4.75. The molecule has 0 radical (unpaired) electrons. The smallest absolute Gasteiger partial charge is 0.344 e. The van der Waals surface area contributed by atoms with Crippen LogP contribution in [0.1, 0.15) is 80.3 Å². The monoisotopic (exact) mass is 395 g/mol. The van der Waals surface area contributed by atoms with E-state index in [4.69, 9.17) is 4.98 Å². The first-order chi connectivity index (χ1) is 12.8. The summed E-state index contributed by atoms with van der Waals surface area (Å²) in [5.41, 5.74) is -0.0355. The molecular weight excluding hydrogens is 371 g/mol. The Bertz CT molecular complexity index is 896. The summed E-state index contributed by atoms with van der Waals surface area (Å²) in [6, 6.07) is 0.315. The third-order valence-electron chi connectivity index (χ3n) is 4.77. The Balaban J connectivity index is 1.88. The van der Waals surface area contributed by atoms with Gasteiger partial charge in [-0.1, -0.05) is 34.6 Å². The fraction of sp³-hybridized carbons (Fsp3) is 0.579. The van der Waals surface area contributed by atoms with Crippen molar-refractivity contribution in [2.75, 3.05) is 0 Å². The molecule has 0 bridgehead atoms. The average molecular weight is 395 g/mol. The lowest BCUT2D eigenvalue weighted by atomic mass is 9.74. The van der Waals surface area contributed by atoms with Crippen molar-refractivity contribution in [3.8, 4) is 0 Å². The molecule has 28 heavy (non-hydrogen) atoms. The largest absolute Gasteiger partial charge is 0.432 e. The highest BCUT2D eigenvalue weighted by molar-refractivity contribution is 5.92. The number of H-pyrrole nitrogens is 1. The van der Waals surface area contributed by atoms with E-state index < -0.39 is 23.8 Å². The summed E-state index contributed by atoms with van der Waals surface area (Å²) in [6.07, 6.45) is -1.50. The molecule has 0 saturated heterocycles. The van der Waals surface area contributed by atoms with Crippen LogP contribution in [0.4, 0.5) is 13.2 Å². The van der Waals surface area contributed by atoms with Crippen molar-refractivity contribution in [2.45, 2.75) is 65.1 Å². The Labute approximate surface area is 161 Å². The van der Waals surface area contributed by atoms with Crippen molar-refractivity contribution < 1.29 is 18.0 Å². The molecule has 1 atom stereocenters. The molecule has 0 saturated carbocycles. The van der Waals surface area contributed by atoms with Crippen LogP contribution in [-0.4, -0.2) is 26.1 Å². The standard InChI is InChI=1S/C19H24F3N5O/c1-17(2,3)16-23-9-10-12(7-18(4,5)8-13(10)25-16)24-15(28)11-6-14(27-26-11)19(20,21)22/h6,9,12H,7-8H2,1-5H3,(H,24,28)(H,26,27)/t12-/m1/s1. The highest BCUT2D eigenvalue weighted by Crippen LogP contribution is 2.40. The predicted molar refractivity (Wildman–Crippen MR) is 96.6 cm³/mol. The van der Waals surface area contributed by atoms with Crippen molar-refractivity contribution in [1.82, 2.24) is 25.5 Å². The van der Waals surface area contributed by atoms with Crippen molar-refractivity contribution in [1.29, 1.82) is 0 Å². The number of amides is 1. The zero-order chi connectivity index (χ0) is 20.9. The second-order valence-electron chi connectivity index (χ2n) is 9.08. The molecule has 0 fully saturated rings. The van der Waals surface area contributed by atoms with E-state index in [1.807, 2.05) is 25.9 Å². The summed E-state index contributed by atoms with van der Waals surface area (Å²) >= 11 is 0. The lowest BCUT2D eigenvalue weighted by Crippen LogP contribution is -2.38. The van der Waals surface area contributed by atoms with Crippen LogP contribution in [0.15, 0.2) is 12.3 Å². The minimum Gasteiger partial charge on any atom is -0.344 e. The van der Waals surface area contributed by atoms with Gasteiger partial charge in [0.15, 0.2) is 5.69 Å². The first kappa shape index (κ1) is 20.3. The molecule has 2 aromatic heterocycles. The molecule has 6 nitrogen and oxygen atoms in total. The second-order valence-corrected chi connectivity index (χ2v) is 9.08. The number of carbonyl (C=O) groups is 1. The predicted octanol–water partition coefficient (Wildman–Crippen LogP) is 3.96. The van der Waals surface area contributed by atoms with Crippen LogP contribution in [0.25, 0.3) is 0 Å². The van der Waals surface area contributed by atoms with Crippen molar-refractivity contribution in [2.24, 2.45) is 5.41 Å². The molecule has 2 aromatic rings. The van der Waals surface area contributed by atoms with Crippen LogP contribution >= 0.6 is 0 Å². The normalized spacial score (nSPS) is 19.2. The Morgan fingerprint density at radius 2 is 1.96 bits per heavy atom. The van der Waals surface area contributed by atoms with Gasteiger partial charge in [-0.3, -0.25) is 9.89 Å². The molecule has 1 aliphatic rings. The van der Waals surface area contributed by atoms with Gasteiger partial charge in [0.05, 0.1) is 6.04 Å². The van der Waals surface area contributed by atoms with Gasteiger partial charge in [-0.15, -0.1) is 0 Å². The van der Waals surface area contributed by atoms with Gasteiger partial charge < -0.3 is 5.32 Å². The van der Waals surface area contributed by atoms with E-state index in [2.05, 4.69) is 29.2 Å². The van der Waals surface area contributed by atoms with Crippen LogP contribution in [-0.2, 0) is 18.0 Å². The Hall–Kier alpha value is -2.45. The highest BCUT2D eigenvalue weighted by Gasteiger charge is 2.37. The van der Waals surface area contributed by atoms with Crippen LogP contribution in [0.5, 0.6) is 0 Å². The molecule has 1 amide bonds.